The van der Waals surface area contributed by atoms with Crippen molar-refractivity contribution < 1.29 is 24.1 Å². The number of ether oxygens (including phenoxy) is 4. The summed E-state index contributed by atoms with van der Waals surface area (Å²) in [6.45, 7) is 6.11. The molecule has 1 aliphatic heterocycles. The van der Waals surface area contributed by atoms with E-state index in [9.17, 15) is 5.11 Å². The lowest BCUT2D eigenvalue weighted by Gasteiger charge is -2.29. The third kappa shape index (κ3) is 5.28. The predicted molar refractivity (Wildman–Crippen MR) is 111 cm³/mol. The van der Waals surface area contributed by atoms with Crippen LogP contribution < -0.4 is 14.8 Å². The zero-order valence-corrected chi connectivity index (χ0v) is 17.7. The number of methoxy groups -OCH3 is 2. The van der Waals surface area contributed by atoms with Gasteiger partial charge in [0.05, 0.1) is 26.4 Å². The van der Waals surface area contributed by atoms with E-state index in [4.69, 9.17) is 18.9 Å². The van der Waals surface area contributed by atoms with E-state index in [1.807, 2.05) is 62.4 Å². The van der Waals surface area contributed by atoms with Gasteiger partial charge in [-0.25, -0.2) is 0 Å². The molecule has 1 aliphatic rings. The van der Waals surface area contributed by atoms with Crippen LogP contribution in [-0.2, 0) is 16.0 Å². The van der Waals surface area contributed by atoms with E-state index < -0.39 is 18.0 Å². The zero-order chi connectivity index (χ0) is 21.0. The minimum atomic E-state index is -0.765. The Labute approximate surface area is 172 Å². The van der Waals surface area contributed by atoms with Crippen molar-refractivity contribution in [3.05, 3.63) is 59.7 Å². The molecule has 6 heteroatoms. The first-order chi connectivity index (χ1) is 13.8. The average molecular weight is 402 g/mol. The largest absolute Gasteiger partial charge is 0.497 e. The molecule has 29 heavy (non-hydrogen) atoms. The molecule has 0 spiro atoms. The van der Waals surface area contributed by atoms with Crippen LogP contribution in [0.5, 0.6) is 11.5 Å². The van der Waals surface area contributed by atoms with Gasteiger partial charge in [-0.15, -0.1) is 0 Å². The third-order valence-corrected chi connectivity index (χ3v) is 5.13. The Hall–Kier alpha value is -2.12. The van der Waals surface area contributed by atoms with E-state index in [2.05, 4.69) is 5.32 Å². The highest BCUT2D eigenvalue weighted by Gasteiger charge is 2.47. The van der Waals surface area contributed by atoms with Gasteiger partial charge < -0.3 is 29.4 Å². The van der Waals surface area contributed by atoms with Crippen LogP contribution in [0.4, 0.5) is 0 Å². The van der Waals surface area contributed by atoms with Crippen molar-refractivity contribution in [3.8, 4) is 11.5 Å². The quantitative estimate of drug-likeness (QED) is 0.706. The molecule has 158 valence electrons. The monoisotopic (exact) mass is 401 g/mol. The van der Waals surface area contributed by atoms with Gasteiger partial charge in [-0.05, 0) is 56.2 Å². The fourth-order valence-electron chi connectivity index (χ4n) is 3.65. The molecule has 6 nitrogen and oxygen atoms in total. The second-order valence-corrected chi connectivity index (χ2v) is 7.79. The van der Waals surface area contributed by atoms with Crippen LogP contribution in [0.25, 0.3) is 0 Å². The van der Waals surface area contributed by atoms with Gasteiger partial charge in [-0.2, -0.15) is 0 Å². The number of nitrogens with one attached hydrogen (secondary N) is 1. The van der Waals surface area contributed by atoms with Crippen LogP contribution >= 0.6 is 0 Å². The molecule has 0 aliphatic carbocycles. The standard InChI is InChI=1S/C23H31NO5/c1-15(25)21-22(29-23(2,3)28-21)20(17-8-12-19(27-5)13-9-17)24-14-16-6-10-18(26-4)11-7-16/h6-13,15,20-22,24-25H,14H2,1-5H3/t15-,20+,21-,22+/m1/s1. The summed E-state index contributed by atoms with van der Waals surface area (Å²) in [5, 5.41) is 13.9. The third-order valence-electron chi connectivity index (χ3n) is 5.13. The number of aliphatic hydroxyl groups is 1. The van der Waals surface area contributed by atoms with E-state index in [0.717, 1.165) is 22.6 Å². The van der Waals surface area contributed by atoms with Crippen LogP contribution in [0, 0.1) is 0 Å². The molecular formula is C23H31NO5. The number of rotatable bonds is 8. The maximum atomic E-state index is 10.3. The first-order valence-corrected chi connectivity index (χ1v) is 9.87. The molecule has 2 aromatic carbocycles. The van der Waals surface area contributed by atoms with Crippen LogP contribution in [0.1, 0.15) is 37.9 Å². The van der Waals surface area contributed by atoms with Crippen LogP contribution in [0.15, 0.2) is 48.5 Å². The van der Waals surface area contributed by atoms with Gasteiger partial charge in [-0.3, -0.25) is 0 Å². The second kappa shape index (κ2) is 9.13. The van der Waals surface area contributed by atoms with Crippen molar-refractivity contribution in [2.45, 2.75) is 57.5 Å². The van der Waals surface area contributed by atoms with Crippen molar-refractivity contribution in [2.24, 2.45) is 0 Å². The Morgan fingerprint density at radius 3 is 1.97 bits per heavy atom. The van der Waals surface area contributed by atoms with Crippen LogP contribution in [-0.4, -0.2) is 43.4 Å². The second-order valence-electron chi connectivity index (χ2n) is 7.79. The fraction of sp³-hybridized carbons (Fsp3) is 0.478. The van der Waals surface area contributed by atoms with Crippen LogP contribution in [0.2, 0.25) is 0 Å². The van der Waals surface area contributed by atoms with Crippen molar-refractivity contribution >= 4 is 0 Å². The molecule has 2 N–H and O–H groups in total. The van der Waals surface area contributed by atoms with Crippen molar-refractivity contribution in [1.29, 1.82) is 0 Å². The molecule has 0 amide bonds. The van der Waals surface area contributed by atoms with Gasteiger partial charge in [0.1, 0.15) is 23.7 Å². The summed E-state index contributed by atoms with van der Waals surface area (Å²) in [5.74, 6) is 0.848. The highest BCUT2D eigenvalue weighted by molar-refractivity contribution is 5.31. The number of aliphatic hydroxyl groups excluding tert-OH is 1. The Bertz CT molecular complexity index is 773. The average Bonchev–Trinajstić information content (AvgIpc) is 3.04. The first kappa shape index (κ1) is 21.6. The molecule has 4 atom stereocenters. The first-order valence-electron chi connectivity index (χ1n) is 9.87. The molecule has 2 aromatic rings. The van der Waals surface area contributed by atoms with Crippen LogP contribution in [0.3, 0.4) is 0 Å². The summed E-state index contributed by atoms with van der Waals surface area (Å²) in [4.78, 5) is 0. The maximum absolute atomic E-state index is 10.3. The Morgan fingerprint density at radius 1 is 0.931 bits per heavy atom. The van der Waals surface area contributed by atoms with E-state index in [0.29, 0.717) is 6.54 Å². The summed E-state index contributed by atoms with van der Waals surface area (Å²) < 4.78 is 22.7. The lowest BCUT2D eigenvalue weighted by atomic mass is 9.95. The Morgan fingerprint density at radius 2 is 1.45 bits per heavy atom. The molecule has 3 rings (SSSR count). The zero-order valence-electron chi connectivity index (χ0n) is 17.7. The maximum Gasteiger partial charge on any atom is 0.163 e. The molecule has 1 fully saturated rings. The van der Waals surface area contributed by atoms with E-state index >= 15 is 0 Å². The minimum Gasteiger partial charge on any atom is -0.497 e. The van der Waals surface area contributed by atoms with Gasteiger partial charge in [0.2, 0.25) is 0 Å². The summed E-state index contributed by atoms with van der Waals surface area (Å²) in [6, 6.07) is 15.6. The van der Waals surface area contributed by atoms with Crippen molar-refractivity contribution in [3.63, 3.8) is 0 Å². The lowest BCUT2D eigenvalue weighted by molar-refractivity contribution is -0.155. The lowest BCUT2D eigenvalue weighted by Crippen LogP contribution is -2.42. The van der Waals surface area contributed by atoms with E-state index in [-0.39, 0.29) is 12.1 Å². The van der Waals surface area contributed by atoms with Gasteiger partial charge in [0, 0.05) is 6.54 Å². The van der Waals surface area contributed by atoms with E-state index in [1.165, 1.54) is 0 Å². The molecule has 1 heterocycles. The number of hydrogen-bond acceptors (Lipinski definition) is 6. The molecule has 1 saturated heterocycles. The predicted octanol–water partition coefficient (Wildman–Crippen LogP) is 3.44. The summed E-state index contributed by atoms with van der Waals surface area (Å²) in [7, 11) is 3.30. The fourth-order valence-corrected chi connectivity index (χ4v) is 3.65. The molecule has 0 unspecified atom stereocenters. The smallest absolute Gasteiger partial charge is 0.163 e. The molecule has 0 saturated carbocycles. The van der Waals surface area contributed by atoms with Gasteiger partial charge >= 0.3 is 0 Å². The molecular weight excluding hydrogens is 370 g/mol. The Balaban J connectivity index is 1.86. The van der Waals surface area contributed by atoms with E-state index in [1.54, 1.807) is 21.1 Å². The normalized spacial score (nSPS) is 22.8. The van der Waals surface area contributed by atoms with Gasteiger partial charge in [0.25, 0.3) is 0 Å². The van der Waals surface area contributed by atoms with Gasteiger partial charge in [-0.1, -0.05) is 24.3 Å². The highest BCUT2D eigenvalue weighted by Crippen LogP contribution is 2.37. The summed E-state index contributed by atoms with van der Waals surface area (Å²) in [5.41, 5.74) is 2.16. The molecule has 0 radical (unpaired) electrons. The summed E-state index contributed by atoms with van der Waals surface area (Å²) >= 11 is 0. The topological polar surface area (TPSA) is 69.2 Å². The number of hydrogen-bond donors (Lipinski definition) is 2. The Kier molecular flexibility index (Phi) is 6.80. The van der Waals surface area contributed by atoms with Gasteiger partial charge in [0.15, 0.2) is 5.79 Å². The SMILES string of the molecule is COc1ccc(CN[C@@H](c2ccc(OC)cc2)[C@@H]2OC(C)(C)O[C@@H]2[C@@H](C)O)cc1. The van der Waals surface area contributed by atoms with Crippen molar-refractivity contribution in [2.75, 3.05) is 14.2 Å². The summed E-state index contributed by atoms with van der Waals surface area (Å²) in [6.07, 6.45) is -1.46. The molecule has 0 bridgehead atoms. The minimum absolute atomic E-state index is 0.176. The highest BCUT2D eigenvalue weighted by atomic mass is 16.8. The molecule has 0 aromatic heterocycles. The number of benzene rings is 2. The van der Waals surface area contributed by atoms with Crippen molar-refractivity contribution in [1.82, 2.24) is 5.32 Å².